The number of carbonyl (C=O) groups is 2. The highest BCUT2D eigenvalue weighted by molar-refractivity contribution is 7.15. The van der Waals surface area contributed by atoms with Crippen molar-refractivity contribution in [3.8, 4) is 11.3 Å². The number of thiazole rings is 1. The van der Waals surface area contributed by atoms with E-state index in [0.717, 1.165) is 21.9 Å². The monoisotopic (exact) mass is 356 g/mol. The van der Waals surface area contributed by atoms with E-state index in [0.29, 0.717) is 11.1 Å². The molecule has 0 fully saturated rings. The molecule has 0 N–H and O–H groups in total. The topological polar surface area (TPSA) is 51.4 Å². The highest BCUT2D eigenvalue weighted by Crippen LogP contribution is 2.32. The summed E-state index contributed by atoms with van der Waals surface area (Å²) in [6, 6.07) is 16.7. The van der Waals surface area contributed by atoms with E-state index in [1.807, 2.05) is 46.3 Å². The first kappa shape index (κ1) is 15.0. The minimum atomic E-state index is -0.227. The van der Waals surface area contributed by atoms with Gasteiger partial charge in [-0.1, -0.05) is 54.6 Å². The number of hydrogen-bond acceptors (Lipinski definition) is 4. The molecule has 26 heavy (non-hydrogen) atoms. The Hall–Kier alpha value is -3.31. The van der Waals surface area contributed by atoms with Gasteiger partial charge in [0.1, 0.15) is 0 Å². The van der Waals surface area contributed by atoms with E-state index in [1.54, 1.807) is 30.3 Å². The molecule has 4 nitrogen and oxygen atoms in total. The summed E-state index contributed by atoms with van der Waals surface area (Å²) < 4.78 is 1.92. The summed E-state index contributed by atoms with van der Waals surface area (Å²) >= 11 is 1.52. The average Bonchev–Trinajstić information content (AvgIpc) is 3.33. The SMILES string of the molecule is O=C1C(=Cc2c(-c3ccccc3)nc3sccn23)C(=O)c2ccccc21. The summed E-state index contributed by atoms with van der Waals surface area (Å²) in [4.78, 5) is 31.0. The van der Waals surface area contributed by atoms with Crippen molar-refractivity contribution >= 4 is 33.9 Å². The van der Waals surface area contributed by atoms with Crippen molar-refractivity contribution in [1.82, 2.24) is 9.38 Å². The van der Waals surface area contributed by atoms with Crippen molar-refractivity contribution in [1.29, 1.82) is 0 Å². The molecule has 2 aromatic carbocycles. The van der Waals surface area contributed by atoms with Crippen LogP contribution in [-0.2, 0) is 0 Å². The summed E-state index contributed by atoms with van der Waals surface area (Å²) in [5.74, 6) is -0.454. The summed E-state index contributed by atoms with van der Waals surface area (Å²) in [5.41, 5.74) is 3.59. The smallest absolute Gasteiger partial charge is 0.197 e. The Morgan fingerprint density at radius 2 is 1.54 bits per heavy atom. The predicted octanol–water partition coefficient (Wildman–Crippen LogP) is 4.53. The number of hydrogen-bond donors (Lipinski definition) is 0. The van der Waals surface area contributed by atoms with Gasteiger partial charge >= 0.3 is 0 Å². The van der Waals surface area contributed by atoms with Gasteiger partial charge in [0.2, 0.25) is 0 Å². The van der Waals surface area contributed by atoms with Crippen LogP contribution in [-0.4, -0.2) is 21.0 Å². The van der Waals surface area contributed by atoms with Crippen LogP contribution in [0.25, 0.3) is 22.3 Å². The van der Waals surface area contributed by atoms with Gasteiger partial charge in [-0.05, 0) is 6.08 Å². The number of allylic oxidation sites excluding steroid dienone is 1. The lowest BCUT2D eigenvalue weighted by Crippen LogP contribution is -2.01. The second-order valence-corrected chi connectivity index (χ2v) is 6.90. The number of carbonyl (C=O) groups excluding carboxylic acids is 2. The van der Waals surface area contributed by atoms with Gasteiger partial charge in [-0.15, -0.1) is 11.3 Å². The molecule has 5 heteroatoms. The molecule has 1 aliphatic rings. The van der Waals surface area contributed by atoms with E-state index in [-0.39, 0.29) is 17.1 Å². The van der Waals surface area contributed by atoms with E-state index in [2.05, 4.69) is 0 Å². The zero-order chi connectivity index (χ0) is 17.7. The Bertz CT molecular complexity index is 1180. The predicted molar refractivity (Wildman–Crippen MR) is 102 cm³/mol. The first-order chi connectivity index (χ1) is 12.7. The number of rotatable bonds is 2. The minimum Gasteiger partial charge on any atom is -0.290 e. The van der Waals surface area contributed by atoms with Gasteiger partial charge in [-0.25, -0.2) is 4.98 Å². The first-order valence-corrected chi connectivity index (χ1v) is 9.03. The molecule has 0 amide bonds. The summed E-state index contributed by atoms with van der Waals surface area (Å²) in [6.45, 7) is 0. The van der Waals surface area contributed by atoms with Crippen molar-refractivity contribution in [3.05, 3.63) is 88.6 Å². The third kappa shape index (κ3) is 2.11. The quantitative estimate of drug-likeness (QED) is 0.392. The molecule has 5 rings (SSSR count). The first-order valence-electron chi connectivity index (χ1n) is 8.15. The molecular formula is C21H12N2O2S. The lowest BCUT2D eigenvalue weighted by atomic mass is 10.1. The lowest BCUT2D eigenvalue weighted by Gasteiger charge is -2.01. The van der Waals surface area contributed by atoms with Crippen molar-refractivity contribution < 1.29 is 9.59 Å². The maximum atomic E-state index is 12.7. The molecule has 1 aliphatic carbocycles. The molecule has 124 valence electrons. The number of nitrogens with zero attached hydrogens (tertiary/aromatic N) is 2. The molecule has 0 radical (unpaired) electrons. The molecule has 2 heterocycles. The van der Waals surface area contributed by atoms with E-state index in [1.165, 1.54) is 11.3 Å². The van der Waals surface area contributed by atoms with Crippen LogP contribution in [0.1, 0.15) is 26.4 Å². The van der Waals surface area contributed by atoms with Crippen molar-refractivity contribution in [2.75, 3.05) is 0 Å². The zero-order valence-corrected chi connectivity index (χ0v) is 14.4. The maximum absolute atomic E-state index is 12.7. The summed E-state index contributed by atoms with van der Waals surface area (Å²) in [5, 5.41) is 1.94. The highest BCUT2D eigenvalue weighted by Gasteiger charge is 2.33. The van der Waals surface area contributed by atoms with E-state index in [4.69, 9.17) is 4.98 Å². The number of benzene rings is 2. The van der Waals surface area contributed by atoms with E-state index in [9.17, 15) is 9.59 Å². The van der Waals surface area contributed by atoms with E-state index >= 15 is 0 Å². The number of Topliss-reactive ketones (excluding diaryl/α,β-unsaturated/α-hetero) is 2. The highest BCUT2D eigenvalue weighted by atomic mass is 32.1. The summed E-state index contributed by atoms with van der Waals surface area (Å²) in [7, 11) is 0. The van der Waals surface area contributed by atoms with Gasteiger partial charge in [-0.3, -0.25) is 14.0 Å². The van der Waals surface area contributed by atoms with Gasteiger partial charge in [0, 0.05) is 28.3 Å². The molecule has 0 saturated heterocycles. The van der Waals surface area contributed by atoms with Crippen molar-refractivity contribution in [3.63, 3.8) is 0 Å². The van der Waals surface area contributed by atoms with Crippen LogP contribution >= 0.6 is 11.3 Å². The molecule has 4 aromatic rings. The second-order valence-electron chi connectivity index (χ2n) is 6.03. The van der Waals surface area contributed by atoms with Gasteiger partial charge in [0.15, 0.2) is 16.5 Å². The fourth-order valence-electron chi connectivity index (χ4n) is 3.29. The zero-order valence-electron chi connectivity index (χ0n) is 13.5. The second kappa shape index (κ2) is 5.61. The van der Waals surface area contributed by atoms with Gasteiger partial charge < -0.3 is 0 Å². The molecular weight excluding hydrogens is 344 g/mol. The Labute approximate surface area is 153 Å². The lowest BCUT2D eigenvalue weighted by molar-refractivity contribution is 0.0990. The number of fused-ring (bicyclic) bond motifs is 2. The van der Waals surface area contributed by atoms with Gasteiger partial charge in [-0.2, -0.15) is 0 Å². The molecule has 2 aromatic heterocycles. The molecule has 0 aliphatic heterocycles. The minimum absolute atomic E-state index is 0.191. The standard InChI is InChI=1S/C21H12N2O2S/c24-19-14-8-4-5-9-15(14)20(25)16(19)12-17-18(13-6-2-1-3-7-13)22-21-23(17)10-11-26-21/h1-12H. The largest absolute Gasteiger partial charge is 0.290 e. The number of aromatic nitrogens is 2. The van der Waals surface area contributed by atoms with Crippen LogP contribution in [0.3, 0.4) is 0 Å². The van der Waals surface area contributed by atoms with Crippen molar-refractivity contribution in [2.45, 2.75) is 0 Å². The average molecular weight is 356 g/mol. The van der Waals surface area contributed by atoms with Crippen LogP contribution in [0.5, 0.6) is 0 Å². The van der Waals surface area contributed by atoms with Crippen LogP contribution in [0.4, 0.5) is 0 Å². The van der Waals surface area contributed by atoms with Gasteiger partial charge in [0.25, 0.3) is 0 Å². The van der Waals surface area contributed by atoms with E-state index < -0.39 is 0 Å². The Balaban J connectivity index is 1.74. The molecule has 0 atom stereocenters. The third-order valence-electron chi connectivity index (χ3n) is 4.53. The Morgan fingerprint density at radius 3 is 2.23 bits per heavy atom. The third-order valence-corrected chi connectivity index (χ3v) is 5.29. The normalized spacial score (nSPS) is 13.5. The molecule has 0 saturated carbocycles. The van der Waals surface area contributed by atoms with Crippen molar-refractivity contribution in [2.24, 2.45) is 0 Å². The van der Waals surface area contributed by atoms with Crippen LogP contribution < -0.4 is 0 Å². The molecule has 0 spiro atoms. The molecule has 0 bridgehead atoms. The molecule has 0 unspecified atom stereocenters. The van der Waals surface area contributed by atoms with Gasteiger partial charge in [0.05, 0.1) is 17.0 Å². The van der Waals surface area contributed by atoms with Crippen LogP contribution in [0, 0.1) is 0 Å². The van der Waals surface area contributed by atoms with Crippen LogP contribution in [0.2, 0.25) is 0 Å². The number of imidazole rings is 1. The fraction of sp³-hybridized carbons (Fsp3) is 0. The number of ketones is 2. The van der Waals surface area contributed by atoms with Crippen LogP contribution in [0.15, 0.2) is 71.7 Å². The Kier molecular flexibility index (Phi) is 3.23. The fourth-order valence-corrected chi connectivity index (χ4v) is 4.01. The maximum Gasteiger partial charge on any atom is 0.197 e. The Morgan fingerprint density at radius 1 is 0.885 bits per heavy atom. The summed E-state index contributed by atoms with van der Waals surface area (Å²) in [6.07, 6.45) is 3.59.